The number of hydrogen-bond donors (Lipinski definition) is 1. The van der Waals surface area contributed by atoms with Crippen LogP contribution in [-0.2, 0) is 16.2 Å². The summed E-state index contributed by atoms with van der Waals surface area (Å²) in [5.41, 5.74) is 5.07. The van der Waals surface area contributed by atoms with Crippen molar-refractivity contribution in [2.24, 2.45) is 0 Å². The molecular weight excluding hydrogens is 494 g/mol. The monoisotopic (exact) mass is 521 g/mol. The Labute approximate surface area is 220 Å². The van der Waals surface area contributed by atoms with E-state index in [0.29, 0.717) is 40.5 Å². The molecule has 7 nitrogen and oxygen atoms in total. The van der Waals surface area contributed by atoms with Crippen molar-refractivity contribution in [2.45, 2.75) is 51.0 Å². The summed E-state index contributed by atoms with van der Waals surface area (Å²) in [6.45, 7) is 0.158. The van der Waals surface area contributed by atoms with Crippen LogP contribution < -0.4 is 9.47 Å². The molecule has 8 heteroatoms. The number of hydrogen-bond acceptors (Lipinski definition) is 6. The van der Waals surface area contributed by atoms with Gasteiger partial charge in [-0.3, -0.25) is 9.59 Å². The zero-order valence-corrected chi connectivity index (χ0v) is 21.6. The number of rotatable bonds is 6. The Morgan fingerprint density at radius 1 is 1.00 bits per heavy atom. The lowest BCUT2D eigenvalue weighted by atomic mass is 9.71. The van der Waals surface area contributed by atoms with Gasteiger partial charge >= 0.3 is 5.97 Å². The van der Waals surface area contributed by atoms with E-state index in [9.17, 15) is 14.4 Å². The van der Waals surface area contributed by atoms with Gasteiger partial charge in [0.2, 0.25) is 0 Å². The highest BCUT2D eigenvalue weighted by Crippen LogP contribution is 2.50. The van der Waals surface area contributed by atoms with Crippen molar-refractivity contribution in [2.75, 3.05) is 14.2 Å². The second-order valence-electron chi connectivity index (χ2n) is 9.59. The normalized spacial score (nSPS) is 18.1. The first-order valence-electron chi connectivity index (χ1n) is 12.4. The number of ether oxygens (including phenoxy) is 2. The SMILES string of the molecule is COc1cc(C2C3=C(CCCC3=O)N(C)C3=C2C(=O)CCC3)cc(Cl)c1OCc1ccc(C(=O)O)cc1. The van der Waals surface area contributed by atoms with E-state index in [1.165, 1.54) is 19.2 Å². The van der Waals surface area contributed by atoms with Crippen LogP contribution in [0, 0.1) is 0 Å². The maximum Gasteiger partial charge on any atom is 0.335 e. The molecule has 1 aliphatic heterocycles. The van der Waals surface area contributed by atoms with E-state index in [-0.39, 0.29) is 23.7 Å². The van der Waals surface area contributed by atoms with E-state index in [4.69, 9.17) is 26.2 Å². The average molecular weight is 522 g/mol. The Bertz CT molecular complexity index is 1310. The van der Waals surface area contributed by atoms with Crippen LogP contribution in [0.3, 0.4) is 0 Å². The average Bonchev–Trinajstić information content (AvgIpc) is 2.89. The smallest absolute Gasteiger partial charge is 0.335 e. The van der Waals surface area contributed by atoms with Crippen LogP contribution >= 0.6 is 11.6 Å². The summed E-state index contributed by atoms with van der Waals surface area (Å²) in [4.78, 5) is 39.6. The molecule has 0 bridgehead atoms. The third-order valence-electron chi connectivity index (χ3n) is 7.41. The summed E-state index contributed by atoms with van der Waals surface area (Å²) in [6.07, 6.45) is 4.13. The van der Waals surface area contributed by atoms with E-state index >= 15 is 0 Å². The number of aromatic carboxylic acids is 1. The van der Waals surface area contributed by atoms with Crippen molar-refractivity contribution in [3.05, 3.63) is 80.7 Å². The van der Waals surface area contributed by atoms with Crippen LogP contribution in [0.2, 0.25) is 5.02 Å². The molecule has 2 aromatic rings. The summed E-state index contributed by atoms with van der Waals surface area (Å²) >= 11 is 6.72. The lowest BCUT2D eigenvalue weighted by Gasteiger charge is -2.42. The number of methoxy groups -OCH3 is 1. The van der Waals surface area contributed by atoms with Crippen molar-refractivity contribution >= 4 is 29.1 Å². The Morgan fingerprint density at radius 2 is 1.59 bits per heavy atom. The fraction of sp³-hybridized carbons (Fsp3) is 0.345. The molecule has 192 valence electrons. The number of carbonyl (C=O) groups excluding carboxylic acids is 2. The van der Waals surface area contributed by atoms with Gasteiger partial charge in [0, 0.05) is 48.3 Å². The first-order chi connectivity index (χ1) is 17.8. The Morgan fingerprint density at radius 3 is 2.14 bits per heavy atom. The second kappa shape index (κ2) is 10.1. The minimum Gasteiger partial charge on any atom is -0.493 e. The number of Topliss-reactive ketones (excluding diaryl/α,β-unsaturated/α-hetero) is 2. The molecule has 0 saturated heterocycles. The molecule has 0 atom stereocenters. The molecule has 0 fully saturated rings. The van der Waals surface area contributed by atoms with E-state index in [0.717, 1.165) is 48.2 Å². The zero-order chi connectivity index (χ0) is 26.3. The summed E-state index contributed by atoms with van der Waals surface area (Å²) in [5, 5.41) is 9.41. The van der Waals surface area contributed by atoms with Crippen molar-refractivity contribution in [3.8, 4) is 11.5 Å². The maximum absolute atomic E-state index is 13.2. The van der Waals surface area contributed by atoms with Crippen molar-refractivity contribution in [3.63, 3.8) is 0 Å². The third-order valence-corrected chi connectivity index (χ3v) is 7.69. The molecule has 0 saturated carbocycles. The van der Waals surface area contributed by atoms with Gasteiger partial charge in [0.1, 0.15) is 6.61 Å². The minimum atomic E-state index is -0.994. The van der Waals surface area contributed by atoms with Gasteiger partial charge in [-0.25, -0.2) is 4.79 Å². The van der Waals surface area contributed by atoms with E-state index in [1.807, 2.05) is 13.1 Å². The van der Waals surface area contributed by atoms with Gasteiger partial charge in [-0.05, 0) is 61.1 Å². The minimum absolute atomic E-state index is 0.0725. The van der Waals surface area contributed by atoms with E-state index in [1.54, 1.807) is 18.2 Å². The number of ketones is 2. The number of carbonyl (C=O) groups is 3. The Hall–Kier alpha value is -3.58. The highest BCUT2D eigenvalue weighted by Gasteiger charge is 2.42. The van der Waals surface area contributed by atoms with Crippen molar-refractivity contribution in [1.82, 2.24) is 4.90 Å². The molecule has 0 spiro atoms. The third kappa shape index (κ3) is 4.53. The number of allylic oxidation sites excluding steroid dienone is 4. The molecule has 1 heterocycles. The summed E-state index contributed by atoms with van der Waals surface area (Å²) in [7, 11) is 3.48. The first-order valence-corrected chi connectivity index (χ1v) is 12.8. The quantitative estimate of drug-likeness (QED) is 0.523. The van der Waals surface area contributed by atoms with Crippen LogP contribution in [0.25, 0.3) is 0 Å². The highest BCUT2D eigenvalue weighted by molar-refractivity contribution is 6.32. The van der Waals surface area contributed by atoms with E-state index < -0.39 is 11.9 Å². The molecule has 3 aliphatic rings. The number of carboxylic acid groups (broad SMARTS) is 1. The van der Waals surface area contributed by atoms with Gasteiger partial charge in [-0.2, -0.15) is 0 Å². The molecule has 5 rings (SSSR count). The van der Waals surface area contributed by atoms with Gasteiger partial charge in [0.15, 0.2) is 23.1 Å². The molecule has 0 unspecified atom stereocenters. The van der Waals surface area contributed by atoms with Gasteiger partial charge < -0.3 is 19.5 Å². The van der Waals surface area contributed by atoms with Gasteiger partial charge in [-0.15, -0.1) is 0 Å². The first kappa shape index (κ1) is 25.1. The van der Waals surface area contributed by atoms with E-state index in [2.05, 4.69) is 4.90 Å². The van der Waals surface area contributed by atoms with Crippen LogP contribution in [0.5, 0.6) is 11.5 Å². The van der Waals surface area contributed by atoms with Crippen molar-refractivity contribution in [1.29, 1.82) is 0 Å². The number of carboxylic acids is 1. The lowest BCUT2D eigenvalue weighted by Crippen LogP contribution is -2.37. The predicted octanol–water partition coefficient (Wildman–Crippen LogP) is 5.67. The summed E-state index contributed by atoms with van der Waals surface area (Å²) < 4.78 is 11.6. The van der Waals surface area contributed by atoms with Crippen molar-refractivity contribution < 1.29 is 29.0 Å². The number of halogens is 1. The topological polar surface area (TPSA) is 93.1 Å². The summed E-state index contributed by atoms with van der Waals surface area (Å²) in [5.74, 6) is -0.584. The molecule has 0 radical (unpaired) electrons. The standard InChI is InChI=1S/C29H28ClNO6/c1-31-20-5-3-7-22(32)26(20)25(27-21(31)6-4-8-23(27)33)18-13-19(30)28(24(14-18)36-2)37-15-16-9-11-17(12-10-16)29(34)35/h9-14,25H,3-8,15H2,1-2H3,(H,34,35). The maximum atomic E-state index is 13.2. The van der Waals surface area contributed by atoms with Crippen LogP contribution in [-0.4, -0.2) is 41.7 Å². The van der Waals surface area contributed by atoms with Crippen LogP contribution in [0.1, 0.15) is 65.9 Å². The van der Waals surface area contributed by atoms with Gasteiger partial charge in [0.25, 0.3) is 0 Å². The molecule has 0 aromatic heterocycles. The number of nitrogens with zero attached hydrogens (tertiary/aromatic N) is 1. The largest absolute Gasteiger partial charge is 0.493 e. The molecule has 37 heavy (non-hydrogen) atoms. The zero-order valence-electron chi connectivity index (χ0n) is 20.8. The van der Waals surface area contributed by atoms with Gasteiger partial charge in [-0.1, -0.05) is 23.7 Å². The summed E-state index contributed by atoms with van der Waals surface area (Å²) in [6, 6.07) is 9.97. The highest BCUT2D eigenvalue weighted by atomic mass is 35.5. The molecular formula is C29H28ClNO6. The molecule has 0 amide bonds. The second-order valence-corrected chi connectivity index (χ2v) is 10.00. The Kier molecular flexibility index (Phi) is 6.82. The predicted molar refractivity (Wildman–Crippen MR) is 138 cm³/mol. The number of benzene rings is 2. The Balaban J connectivity index is 1.53. The fourth-order valence-electron chi connectivity index (χ4n) is 5.63. The van der Waals surface area contributed by atoms with Crippen LogP contribution in [0.4, 0.5) is 0 Å². The molecule has 1 N–H and O–H groups in total. The van der Waals surface area contributed by atoms with Gasteiger partial charge in [0.05, 0.1) is 17.7 Å². The fourth-order valence-corrected chi connectivity index (χ4v) is 5.91. The molecule has 2 aliphatic carbocycles. The molecule has 2 aromatic carbocycles. The lowest BCUT2D eigenvalue weighted by molar-refractivity contribution is -0.117. The van der Waals surface area contributed by atoms with Crippen LogP contribution in [0.15, 0.2) is 58.9 Å².